The molecular weight excluding hydrogens is 298 g/mol. The highest BCUT2D eigenvalue weighted by Crippen LogP contribution is 2.33. The van der Waals surface area contributed by atoms with Crippen LogP contribution in [0.5, 0.6) is 0 Å². The van der Waals surface area contributed by atoms with E-state index >= 15 is 0 Å². The maximum Gasteiger partial charge on any atom is 0.144 e. The van der Waals surface area contributed by atoms with Crippen molar-refractivity contribution in [3.8, 4) is 0 Å². The number of nitrogens with two attached hydrogens (primary N) is 1. The van der Waals surface area contributed by atoms with Crippen LogP contribution in [-0.2, 0) is 0 Å². The third-order valence-corrected chi connectivity index (χ3v) is 3.89. The Hall–Kier alpha value is -1.45. The highest BCUT2D eigenvalue weighted by Gasteiger charge is 2.16. The fourth-order valence-corrected chi connectivity index (χ4v) is 2.43. The van der Waals surface area contributed by atoms with Crippen LogP contribution in [0.1, 0.15) is 18.5 Å². The lowest BCUT2D eigenvalue weighted by molar-refractivity contribution is 0.626. The van der Waals surface area contributed by atoms with Crippen molar-refractivity contribution in [2.45, 2.75) is 13.0 Å². The second-order valence-electron chi connectivity index (χ2n) is 4.67. The van der Waals surface area contributed by atoms with Gasteiger partial charge in [0.15, 0.2) is 0 Å². The summed E-state index contributed by atoms with van der Waals surface area (Å²) in [5.41, 5.74) is 7.98. The Kier molecular flexibility index (Phi) is 4.41. The first kappa shape index (κ1) is 14.9. The van der Waals surface area contributed by atoms with Gasteiger partial charge in [-0.25, -0.2) is 4.39 Å². The Balaban J connectivity index is 2.36. The minimum Gasteiger partial charge on any atom is -0.397 e. The van der Waals surface area contributed by atoms with E-state index in [9.17, 15) is 4.39 Å². The molecule has 0 saturated heterocycles. The molecule has 2 rings (SSSR count). The predicted octanol–water partition coefficient (Wildman–Crippen LogP) is 4.91. The molecule has 20 heavy (non-hydrogen) atoms. The molecule has 5 heteroatoms. The van der Waals surface area contributed by atoms with Gasteiger partial charge in [0.1, 0.15) is 5.82 Å². The van der Waals surface area contributed by atoms with Crippen molar-refractivity contribution >= 4 is 34.6 Å². The van der Waals surface area contributed by atoms with Crippen molar-refractivity contribution in [3.63, 3.8) is 0 Å². The van der Waals surface area contributed by atoms with Crippen molar-refractivity contribution in [3.05, 3.63) is 57.8 Å². The maximum atomic E-state index is 13.6. The molecule has 0 aromatic heterocycles. The number of benzene rings is 2. The first-order valence-electron chi connectivity index (χ1n) is 6.13. The van der Waals surface area contributed by atoms with E-state index in [1.807, 2.05) is 43.1 Å². The van der Waals surface area contributed by atoms with Crippen LogP contribution in [0.25, 0.3) is 0 Å². The molecule has 0 bridgehead atoms. The van der Waals surface area contributed by atoms with Crippen LogP contribution < -0.4 is 10.6 Å². The number of nitrogens with zero attached hydrogens (tertiary/aromatic N) is 1. The van der Waals surface area contributed by atoms with Gasteiger partial charge in [0.05, 0.1) is 22.4 Å². The summed E-state index contributed by atoms with van der Waals surface area (Å²) in [5.74, 6) is -0.485. The highest BCUT2D eigenvalue weighted by molar-refractivity contribution is 6.31. The molecule has 1 unspecified atom stereocenters. The zero-order chi connectivity index (χ0) is 14.9. The Morgan fingerprint density at radius 1 is 1.20 bits per heavy atom. The van der Waals surface area contributed by atoms with E-state index in [1.54, 1.807) is 0 Å². The number of halogens is 3. The van der Waals surface area contributed by atoms with E-state index in [0.29, 0.717) is 16.4 Å². The summed E-state index contributed by atoms with van der Waals surface area (Å²) in [6.07, 6.45) is 0. The third kappa shape index (κ3) is 3.00. The average molecular weight is 313 g/mol. The highest BCUT2D eigenvalue weighted by atomic mass is 35.5. The lowest BCUT2D eigenvalue weighted by Crippen LogP contribution is -2.22. The van der Waals surface area contributed by atoms with E-state index in [1.165, 1.54) is 12.1 Å². The smallest absolute Gasteiger partial charge is 0.144 e. The minimum absolute atomic E-state index is 0.00317. The molecule has 1 atom stereocenters. The van der Waals surface area contributed by atoms with E-state index < -0.39 is 5.82 Å². The lowest BCUT2D eigenvalue weighted by atomic mass is 10.1. The van der Waals surface area contributed by atoms with Crippen LogP contribution in [-0.4, -0.2) is 7.05 Å². The second kappa shape index (κ2) is 5.90. The van der Waals surface area contributed by atoms with Crippen LogP contribution in [0, 0.1) is 5.82 Å². The quantitative estimate of drug-likeness (QED) is 0.816. The van der Waals surface area contributed by atoms with Gasteiger partial charge in [-0.2, -0.15) is 0 Å². The van der Waals surface area contributed by atoms with E-state index in [-0.39, 0.29) is 11.1 Å². The fourth-order valence-electron chi connectivity index (χ4n) is 2.06. The molecule has 0 aliphatic carbocycles. The molecule has 2 aromatic rings. The zero-order valence-electron chi connectivity index (χ0n) is 11.2. The molecule has 0 heterocycles. The first-order valence-corrected chi connectivity index (χ1v) is 6.88. The molecule has 106 valence electrons. The van der Waals surface area contributed by atoms with Gasteiger partial charge in [-0.05, 0) is 30.7 Å². The van der Waals surface area contributed by atoms with Gasteiger partial charge in [0.25, 0.3) is 0 Å². The average Bonchev–Trinajstić information content (AvgIpc) is 2.41. The normalized spacial score (nSPS) is 12.2. The maximum absolute atomic E-state index is 13.6. The molecule has 0 aliphatic heterocycles. The second-order valence-corrected chi connectivity index (χ2v) is 5.51. The number of nitrogen functional groups attached to an aromatic ring is 1. The van der Waals surface area contributed by atoms with Crippen molar-refractivity contribution in [2.24, 2.45) is 0 Å². The fraction of sp³-hybridized carbons (Fsp3) is 0.200. The lowest BCUT2D eigenvalue weighted by Gasteiger charge is -2.28. The molecular formula is C15H15Cl2FN2. The largest absolute Gasteiger partial charge is 0.397 e. The van der Waals surface area contributed by atoms with Crippen LogP contribution in [0.4, 0.5) is 15.8 Å². The van der Waals surface area contributed by atoms with Gasteiger partial charge in [0.2, 0.25) is 0 Å². The van der Waals surface area contributed by atoms with Gasteiger partial charge in [0, 0.05) is 18.1 Å². The van der Waals surface area contributed by atoms with Crippen molar-refractivity contribution in [2.75, 3.05) is 17.7 Å². The van der Waals surface area contributed by atoms with Crippen LogP contribution in [0.2, 0.25) is 10.0 Å². The third-order valence-electron chi connectivity index (χ3n) is 3.36. The first-order chi connectivity index (χ1) is 9.40. The van der Waals surface area contributed by atoms with Gasteiger partial charge < -0.3 is 10.6 Å². The predicted molar refractivity (Wildman–Crippen MR) is 84.1 cm³/mol. The topological polar surface area (TPSA) is 29.3 Å². The molecule has 0 spiro atoms. The summed E-state index contributed by atoms with van der Waals surface area (Å²) >= 11 is 11.7. The Bertz CT molecular complexity index is 631. The Morgan fingerprint density at radius 2 is 1.90 bits per heavy atom. The van der Waals surface area contributed by atoms with E-state index in [2.05, 4.69) is 0 Å². The van der Waals surface area contributed by atoms with E-state index in [4.69, 9.17) is 28.9 Å². The Morgan fingerprint density at radius 3 is 2.55 bits per heavy atom. The number of hydrogen-bond acceptors (Lipinski definition) is 2. The van der Waals surface area contributed by atoms with Gasteiger partial charge >= 0.3 is 0 Å². The number of hydrogen-bond donors (Lipinski definition) is 1. The van der Waals surface area contributed by atoms with Crippen molar-refractivity contribution in [1.29, 1.82) is 0 Å². The number of anilines is 2. The van der Waals surface area contributed by atoms with Crippen molar-refractivity contribution < 1.29 is 4.39 Å². The molecule has 0 radical (unpaired) electrons. The number of rotatable bonds is 3. The molecule has 2 N–H and O–H groups in total. The summed E-state index contributed by atoms with van der Waals surface area (Å²) in [5, 5.41) is 0.688. The minimum atomic E-state index is -0.485. The zero-order valence-corrected chi connectivity index (χ0v) is 12.7. The van der Waals surface area contributed by atoms with Crippen LogP contribution in [0.3, 0.4) is 0 Å². The van der Waals surface area contributed by atoms with Crippen molar-refractivity contribution in [1.82, 2.24) is 0 Å². The van der Waals surface area contributed by atoms with Crippen LogP contribution >= 0.6 is 23.2 Å². The standard InChI is InChI=1S/C15H15Cl2FN2/c1-9(10-4-3-5-11(16)6-10)20(2)15-8-13(18)12(17)7-14(15)19/h3-9H,19H2,1-2H3. The van der Waals surface area contributed by atoms with Gasteiger partial charge in [-0.1, -0.05) is 35.3 Å². The Labute approximate surface area is 127 Å². The summed E-state index contributed by atoms with van der Waals surface area (Å²) in [6.45, 7) is 2.00. The van der Waals surface area contributed by atoms with E-state index in [0.717, 1.165) is 5.56 Å². The molecule has 0 saturated carbocycles. The summed E-state index contributed by atoms with van der Waals surface area (Å²) in [6, 6.07) is 10.3. The summed E-state index contributed by atoms with van der Waals surface area (Å²) < 4.78 is 13.6. The summed E-state index contributed by atoms with van der Waals surface area (Å²) in [7, 11) is 1.85. The SMILES string of the molecule is CC(c1cccc(Cl)c1)N(C)c1cc(F)c(Cl)cc1N. The summed E-state index contributed by atoms with van der Waals surface area (Å²) in [4.78, 5) is 1.89. The monoisotopic (exact) mass is 312 g/mol. The van der Waals surface area contributed by atoms with Gasteiger partial charge in [-0.3, -0.25) is 0 Å². The molecule has 0 amide bonds. The molecule has 2 aromatic carbocycles. The molecule has 0 fully saturated rings. The molecule has 2 nitrogen and oxygen atoms in total. The van der Waals surface area contributed by atoms with Gasteiger partial charge in [-0.15, -0.1) is 0 Å². The van der Waals surface area contributed by atoms with Crippen LogP contribution in [0.15, 0.2) is 36.4 Å². The molecule has 0 aliphatic rings.